The summed E-state index contributed by atoms with van der Waals surface area (Å²) in [6.07, 6.45) is 1.88. The van der Waals surface area contributed by atoms with Crippen molar-refractivity contribution in [3.8, 4) is 0 Å². The third kappa shape index (κ3) is 3.69. The van der Waals surface area contributed by atoms with Crippen LogP contribution in [0.5, 0.6) is 0 Å². The zero-order chi connectivity index (χ0) is 16.3. The second-order valence-corrected chi connectivity index (χ2v) is 5.79. The van der Waals surface area contributed by atoms with Gasteiger partial charge in [0.15, 0.2) is 0 Å². The van der Waals surface area contributed by atoms with Gasteiger partial charge in [-0.2, -0.15) is 0 Å². The van der Waals surface area contributed by atoms with E-state index in [4.69, 9.17) is 0 Å². The number of benzene rings is 2. The molecular formula is C18H19N3O2. The van der Waals surface area contributed by atoms with E-state index in [1.807, 2.05) is 30.3 Å². The number of rotatable bonds is 4. The van der Waals surface area contributed by atoms with Gasteiger partial charge in [-0.15, -0.1) is 0 Å². The normalized spacial score (nSPS) is 14.7. The zero-order valence-corrected chi connectivity index (χ0v) is 12.9. The molecule has 0 heterocycles. The van der Waals surface area contributed by atoms with E-state index in [2.05, 4.69) is 16.0 Å². The lowest BCUT2D eigenvalue weighted by Crippen LogP contribution is -2.38. The Bertz CT molecular complexity index is 724. The van der Waals surface area contributed by atoms with Crippen LogP contribution in [-0.2, 0) is 10.3 Å². The highest BCUT2D eigenvalue weighted by Crippen LogP contribution is 2.45. The van der Waals surface area contributed by atoms with Gasteiger partial charge in [0, 0.05) is 18.3 Å². The Labute approximate surface area is 135 Å². The minimum atomic E-state index is -0.249. The first-order valence-electron chi connectivity index (χ1n) is 7.60. The summed E-state index contributed by atoms with van der Waals surface area (Å²) in [6, 6.07) is 16.8. The van der Waals surface area contributed by atoms with Crippen LogP contribution in [0, 0.1) is 0 Å². The van der Waals surface area contributed by atoms with Crippen molar-refractivity contribution >= 4 is 23.3 Å². The molecular weight excluding hydrogens is 290 g/mol. The van der Waals surface area contributed by atoms with E-state index >= 15 is 0 Å². The molecule has 0 saturated heterocycles. The van der Waals surface area contributed by atoms with Crippen LogP contribution in [-0.4, -0.2) is 11.9 Å². The Hall–Kier alpha value is -2.82. The molecule has 2 aromatic rings. The molecule has 0 bridgehead atoms. The van der Waals surface area contributed by atoms with Gasteiger partial charge in [-0.3, -0.25) is 4.79 Å². The van der Waals surface area contributed by atoms with Crippen molar-refractivity contribution in [1.82, 2.24) is 5.32 Å². The fourth-order valence-electron chi connectivity index (χ4n) is 2.63. The summed E-state index contributed by atoms with van der Waals surface area (Å²) < 4.78 is 0. The number of hydrogen-bond donors (Lipinski definition) is 3. The SMILES string of the molecule is CC(=O)Nc1cccc(NC(=O)NC2(c3ccccc3)CC2)c1. The summed E-state index contributed by atoms with van der Waals surface area (Å²) in [5, 5.41) is 8.57. The predicted octanol–water partition coefficient (Wildman–Crippen LogP) is 3.46. The van der Waals surface area contributed by atoms with Crippen LogP contribution in [0.2, 0.25) is 0 Å². The van der Waals surface area contributed by atoms with Crippen molar-refractivity contribution in [1.29, 1.82) is 0 Å². The molecule has 23 heavy (non-hydrogen) atoms. The highest BCUT2D eigenvalue weighted by molar-refractivity contribution is 5.93. The van der Waals surface area contributed by atoms with E-state index in [9.17, 15) is 9.59 Å². The van der Waals surface area contributed by atoms with Gasteiger partial charge in [0.1, 0.15) is 0 Å². The maximum atomic E-state index is 12.3. The van der Waals surface area contributed by atoms with Crippen LogP contribution >= 0.6 is 0 Å². The first kappa shape index (κ1) is 15.1. The molecule has 0 unspecified atom stereocenters. The summed E-state index contributed by atoms with van der Waals surface area (Å²) >= 11 is 0. The number of nitrogens with one attached hydrogen (secondary N) is 3. The van der Waals surface area contributed by atoms with Crippen LogP contribution < -0.4 is 16.0 Å². The predicted molar refractivity (Wildman–Crippen MR) is 90.3 cm³/mol. The van der Waals surface area contributed by atoms with Gasteiger partial charge in [0.25, 0.3) is 0 Å². The fraction of sp³-hybridized carbons (Fsp3) is 0.222. The van der Waals surface area contributed by atoms with E-state index in [-0.39, 0.29) is 17.5 Å². The molecule has 3 N–H and O–H groups in total. The maximum Gasteiger partial charge on any atom is 0.319 e. The average molecular weight is 309 g/mol. The molecule has 0 aliphatic heterocycles. The van der Waals surface area contributed by atoms with Crippen molar-refractivity contribution in [3.05, 3.63) is 60.2 Å². The molecule has 1 saturated carbocycles. The van der Waals surface area contributed by atoms with Crippen LogP contribution in [0.3, 0.4) is 0 Å². The fourth-order valence-corrected chi connectivity index (χ4v) is 2.63. The number of amides is 3. The van der Waals surface area contributed by atoms with Gasteiger partial charge < -0.3 is 16.0 Å². The third-order valence-corrected chi connectivity index (χ3v) is 3.87. The van der Waals surface area contributed by atoms with E-state index in [0.717, 1.165) is 18.4 Å². The first-order valence-corrected chi connectivity index (χ1v) is 7.60. The van der Waals surface area contributed by atoms with Crippen molar-refractivity contribution in [2.75, 3.05) is 10.6 Å². The largest absolute Gasteiger partial charge is 0.328 e. The molecule has 0 spiro atoms. The zero-order valence-electron chi connectivity index (χ0n) is 12.9. The molecule has 3 amide bonds. The molecule has 0 aromatic heterocycles. The molecule has 0 radical (unpaired) electrons. The smallest absolute Gasteiger partial charge is 0.319 e. The topological polar surface area (TPSA) is 70.2 Å². The molecule has 2 aromatic carbocycles. The van der Waals surface area contributed by atoms with Gasteiger partial charge in [-0.1, -0.05) is 36.4 Å². The number of carbonyl (C=O) groups excluding carboxylic acids is 2. The summed E-state index contributed by atoms with van der Waals surface area (Å²) in [4.78, 5) is 23.4. The van der Waals surface area contributed by atoms with Crippen molar-refractivity contribution in [2.45, 2.75) is 25.3 Å². The summed E-state index contributed by atoms with van der Waals surface area (Å²) in [5.74, 6) is -0.146. The number of anilines is 2. The Morgan fingerprint density at radius 2 is 1.57 bits per heavy atom. The van der Waals surface area contributed by atoms with Crippen LogP contribution in [0.4, 0.5) is 16.2 Å². The van der Waals surface area contributed by atoms with E-state index in [0.29, 0.717) is 11.4 Å². The van der Waals surface area contributed by atoms with Crippen LogP contribution in [0.25, 0.3) is 0 Å². The second-order valence-electron chi connectivity index (χ2n) is 5.79. The number of carbonyl (C=O) groups is 2. The molecule has 3 rings (SSSR count). The summed E-state index contributed by atoms with van der Waals surface area (Å²) in [7, 11) is 0. The van der Waals surface area contributed by atoms with Crippen LogP contribution in [0.15, 0.2) is 54.6 Å². The number of urea groups is 1. The Kier molecular flexibility index (Phi) is 4.02. The molecule has 5 nitrogen and oxygen atoms in total. The Balaban J connectivity index is 1.65. The lowest BCUT2D eigenvalue weighted by Gasteiger charge is -2.18. The Morgan fingerprint density at radius 3 is 2.17 bits per heavy atom. The summed E-state index contributed by atoms with van der Waals surface area (Å²) in [5.41, 5.74) is 2.17. The van der Waals surface area contributed by atoms with Gasteiger partial charge in [-0.25, -0.2) is 4.79 Å². The van der Waals surface area contributed by atoms with Crippen molar-refractivity contribution in [3.63, 3.8) is 0 Å². The minimum absolute atomic E-state index is 0.146. The average Bonchev–Trinajstić information content (AvgIpc) is 3.28. The van der Waals surface area contributed by atoms with Gasteiger partial charge in [-0.05, 0) is 36.6 Å². The monoisotopic (exact) mass is 309 g/mol. The van der Waals surface area contributed by atoms with Crippen molar-refractivity contribution < 1.29 is 9.59 Å². The van der Waals surface area contributed by atoms with E-state index < -0.39 is 0 Å². The maximum absolute atomic E-state index is 12.3. The lowest BCUT2D eigenvalue weighted by molar-refractivity contribution is -0.114. The quantitative estimate of drug-likeness (QED) is 0.809. The molecule has 1 fully saturated rings. The molecule has 0 atom stereocenters. The lowest BCUT2D eigenvalue weighted by atomic mass is 10.1. The molecule has 1 aliphatic carbocycles. The standard InChI is InChI=1S/C18H19N3O2/c1-13(22)19-15-8-5-9-16(12-15)20-17(23)21-18(10-11-18)14-6-3-2-4-7-14/h2-9,12H,10-11H2,1H3,(H,19,22)(H2,20,21,23). The third-order valence-electron chi connectivity index (χ3n) is 3.87. The van der Waals surface area contributed by atoms with Crippen LogP contribution in [0.1, 0.15) is 25.3 Å². The molecule has 5 heteroatoms. The van der Waals surface area contributed by atoms with Gasteiger partial charge in [0.2, 0.25) is 5.91 Å². The minimum Gasteiger partial charge on any atom is -0.328 e. The highest BCUT2D eigenvalue weighted by atomic mass is 16.2. The van der Waals surface area contributed by atoms with E-state index in [1.165, 1.54) is 6.92 Å². The highest BCUT2D eigenvalue weighted by Gasteiger charge is 2.45. The second kappa shape index (κ2) is 6.12. The first-order chi connectivity index (χ1) is 11.1. The van der Waals surface area contributed by atoms with E-state index in [1.54, 1.807) is 24.3 Å². The number of hydrogen-bond acceptors (Lipinski definition) is 2. The summed E-state index contributed by atoms with van der Waals surface area (Å²) in [6.45, 7) is 1.45. The van der Waals surface area contributed by atoms with Gasteiger partial charge in [0.05, 0.1) is 5.54 Å². The molecule has 118 valence electrons. The van der Waals surface area contributed by atoms with Gasteiger partial charge >= 0.3 is 6.03 Å². The Morgan fingerprint density at radius 1 is 0.913 bits per heavy atom. The molecule has 1 aliphatic rings. The van der Waals surface area contributed by atoms with Crippen molar-refractivity contribution in [2.24, 2.45) is 0 Å².